The molecule has 0 fully saturated rings. The van der Waals surface area contributed by atoms with Crippen molar-refractivity contribution in [1.82, 2.24) is 4.57 Å². The normalized spacial score (nSPS) is 12.1. The maximum atomic E-state index is 2.48. The van der Waals surface area contributed by atoms with Crippen LogP contribution in [0.2, 0.25) is 0 Å². The maximum absolute atomic E-state index is 2.48. The monoisotopic (exact) mass is 810 g/mol. The van der Waals surface area contributed by atoms with Crippen molar-refractivity contribution in [1.29, 1.82) is 0 Å². The zero-order chi connectivity index (χ0) is 41.9. The molecular weight excluding hydrogens is 773 g/mol. The van der Waals surface area contributed by atoms with Crippen LogP contribution in [0.1, 0.15) is 0 Å². The van der Waals surface area contributed by atoms with Crippen LogP contribution in [0.3, 0.4) is 0 Å². The Kier molecular flexibility index (Phi) is 7.43. The Morgan fingerprint density at radius 1 is 0.281 bits per heavy atom. The van der Waals surface area contributed by atoms with Crippen molar-refractivity contribution >= 4 is 114 Å². The van der Waals surface area contributed by atoms with Gasteiger partial charge in [0.2, 0.25) is 0 Å². The second-order valence-corrected chi connectivity index (χ2v) is 17.2. The van der Waals surface area contributed by atoms with Gasteiger partial charge in [-0.2, -0.15) is 0 Å². The Morgan fingerprint density at radius 3 is 1.52 bits per heavy atom. The molecule has 1 heterocycles. The van der Waals surface area contributed by atoms with E-state index < -0.39 is 0 Å². The smallest absolute Gasteiger partial charge is 0.0547 e. The van der Waals surface area contributed by atoms with Gasteiger partial charge in [0.15, 0.2) is 0 Å². The molecule has 13 aromatic carbocycles. The molecule has 0 saturated carbocycles. The largest absolute Gasteiger partial charge is 0.310 e. The van der Waals surface area contributed by atoms with E-state index in [4.69, 9.17) is 0 Å². The van der Waals surface area contributed by atoms with Gasteiger partial charge in [-0.3, -0.25) is 0 Å². The van der Waals surface area contributed by atoms with Gasteiger partial charge in [-0.25, -0.2) is 0 Å². The van der Waals surface area contributed by atoms with Crippen LogP contribution in [0.4, 0.5) is 17.1 Å². The van der Waals surface area contributed by atoms with E-state index in [1.807, 2.05) is 0 Å². The fraction of sp³-hybridized carbons (Fsp3) is 0. The van der Waals surface area contributed by atoms with Gasteiger partial charge in [0.25, 0.3) is 0 Å². The summed E-state index contributed by atoms with van der Waals surface area (Å²) in [5, 5.41) is 20.3. The number of fused-ring (bicyclic) bond motifs is 6. The van der Waals surface area contributed by atoms with E-state index >= 15 is 0 Å². The molecule has 0 aliphatic heterocycles. The average Bonchev–Trinajstić information content (AvgIpc) is 3.70. The maximum Gasteiger partial charge on any atom is 0.0547 e. The fourth-order valence-electron chi connectivity index (χ4n) is 11.1. The zero-order valence-corrected chi connectivity index (χ0v) is 34.8. The van der Waals surface area contributed by atoms with Crippen molar-refractivity contribution in [2.45, 2.75) is 0 Å². The molecule has 14 rings (SSSR count). The minimum absolute atomic E-state index is 1.10. The van der Waals surface area contributed by atoms with Crippen LogP contribution >= 0.6 is 0 Å². The zero-order valence-electron chi connectivity index (χ0n) is 34.8. The van der Waals surface area contributed by atoms with Gasteiger partial charge >= 0.3 is 0 Å². The minimum atomic E-state index is 1.10. The molecule has 64 heavy (non-hydrogen) atoms. The highest BCUT2D eigenvalue weighted by Crippen LogP contribution is 2.48. The van der Waals surface area contributed by atoms with Gasteiger partial charge in [0, 0.05) is 33.2 Å². The van der Waals surface area contributed by atoms with Gasteiger partial charge in [-0.05, 0) is 136 Å². The summed E-state index contributed by atoms with van der Waals surface area (Å²) in [5.74, 6) is 0. The molecule has 0 bridgehead atoms. The summed E-state index contributed by atoms with van der Waals surface area (Å²) in [7, 11) is 0. The third-order valence-corrected chi connectivity index (χ3v) is 13.8. The van der Waals surface area contributed by atoms with Gasteiger partial charge in [-0.1, -0.05) is 176 Å². The van der Waals surface area contributed by atoms with Crippen LogP contribution in [0.25, 0.3) is 114 Å². The highest BCUT2D eigenvalue weighted by molar-refractivity contribution is 6.37. The van der Waals surface area contributed by atoms with Gasteiger partial charge in [-0.15, -0.1) is 0 Å². The lowest BCUT2D eigenvalue weighted by atomic mass is 9.87. The summed E-state index contributed by atoms with van der Waals surface area (Å²) in [6, 6.07) is 85.5. The number of aromatic nitrogens is 1. The summed E-state index contributed by atoms with van der Waals surface area (Å²) in [6.07, 6.45) is 0. The lowest BCUT2D eigenvalue weighted by Crippen LogP contribution is -2.10. The van der Waals surface area contributed by atoms with Crippen LogP contribution in [0, 0.1) is 0 Å². The van der Waals surface area contributed by atoms with E-state index in [0.29, 0.717) is 0 Å². The van der Waals surface area contributed by atoms with Crippen molar-refractivity contribution < 1.29 is 0 Å². The molecule has 0 spiro atoms. The third-order valence-electron chi connectivity index (χ3n) is 13.8. The lowest BCUT2D eigenvalue weighted by Gasteiger charge is -2.28. The van der Waals surface area contributed by atoms with Crippen molar-refractivity contribution in [2.24, 2.45) is 0 Å². The minimum Gasteiger partial charge on any atom is -0.310 e. The number of nitrogens with zero attached hydrogens (tertiary/aromatic N) is 2. The van der Waals surface area contributed by atoms with E-state index in [-0.39, 0.29) is 0 Å². The number of benzene rings is 12. The first-order chi connectivity index (χ1) is 31.8. The molecular formula is C62H38N2. The highest BCUT2D eigenvalue weighted by atomic mass is 15.1. The van der Waals surface area contributed by atoms with E-state index in [0.717, 1.165) is 22.7 Å². The lowest BCUT2D eigenvalue weighted by molar-refractivity contribution is 1.18. The Balaban J connectivity index is 1.05. The molecule has 0 N–H and O–H groups in total. The second-order valence-electron chi connectivity index (χ2n) is 17.2. The molecule has 0 aliphatic rings. The second kappa shape index (κ2) is 13.5. The number of hydrogen-bond acceptors (Lipinski definition) is 1. The number of rotatable bonds is 5. The molecule has 2 heteroatoms. The van der Waals surface area contributed by atoms with E-state index in [1.54, 1.807) is 0 Å². The summed E-state index contributed by atoms with van der Waals surface area (Å²) in [5.41, 5.74) is 9.33. The van der Waals surface area contributed by atoms with Crippen molar-refractivity contribution in [3.05, 3.63) is 231 Å². The molecule has 1 aromatic heterocycles. The molecule has 0 radical (unpaired) electrons. The number of para-hydroxylation sites is 2. The van der Waals surface area contributed by atoms with Gasteiger partial charge in [0.05, 0.1) is 16.7 Å². The van der Waals surface area contributed by atoms with Gasteiger partial charge < -0.3 is 9.47 Å². The number of hydrogen-bond donors (Lipinski definition) is 0. The summed E-state index contributed by atoms with van der Waals surface area (Å²) in [4.78, 5) is 2.48. The van der Waals surface area contributed by atoms with Crippen LogP contribution < -0.4 is 4.90 Å². The standard InChI is InChI=1S/C62H38N2/c1-2-18-45(19-3-1)64-56-26-7-6-21-53(56)62-49(22-12-28-57(62)64)40-33-35-46(36-34-40)63(55-27-11-14-39-13-4-5-20-48(39)55)47-37-44-32-31-43-16-9-24-51-50-23-8-15-41-29-30-42-17-10-25-52(60(42)58(41)50)54(38-47)61(44)59(43)51/h1-38H. The molecule has 0 atom stereocenters. The van der Waals surface area contributed by atoms with Crippen molar-refractivity contribution in [2.75, 3.05) is 4.90 Å². The molecule has 296 valence electrons. The third kappa shape index (κ3) is 5.02. The van der Waals surface area contributed by atoms with Crippen LogP contribution in [-0.2, 0) is 0 Å². The van der Waals surface area contributed by atoms with Crippen LogP contribution in [0.5, 0.6) is 0 Å². The molecule has 0 aliphatic carbocycles. The molecule has 0 amide bonds. The predicted molar refractivity (Wildman–Crippen MR) is 275 cm³/mol. The summed E-state index contributed by atoms with van der Waals surface area (Å²) < 4.78 is 2.40. The summed E-state index contributed by atoms with van der Waals surface area (Å²) >= 11 is 0. The van der Waals surface area contributed by atoms with E-state index in [1.165, 1.54) is 108 Å². The summed E-state index contributed by atoms with van der Waals surface area (Å²) in [6.45, 7) is 0. The Bertz CT molecular complexity index is 4170. The van der Waals surface area contributed by atoms with E-state index in [9.17, 15) is 0 Å². The van der Waals surface area contributed by atoms with Crippen LogP contribution in [-0.4, -0.2) is 4.57 Å². The number of anilines is 3. The molecule has 0 unspecified atom stereocenters. The average molecular weight is 811 g/mol. The fourth-order valence-corrected chi connectivity index (χ4v) is 11.1. The quantitative estimate of drug-likeness (QED) is 0.157. The Morgan fingerprint density at radius 2 is 0.797 bits per heavy atom. The predicted octanol–water partition coefficient (Wildman–Crippen LogP) is 17.4. The van der Waals surface area contributed by atoms with E-state index in [2.05, 4.69) is 240 Å². The first kappa shape index (κ1) is 35.2. The Labute approximate surface area is 369 Å². The molecule has 2 nitrogen and oxygen atoms in total. The first-order valence-electron chi connectivity index (χ1n) is 22.2. The topological polar surface area (TPSA) is 8.17 Å². The van der Waals surface area contributed by atoms with Gasteiger partial charge in [0.1, 0.15) is 0 Å². The van der Waals surface area contributed by atoms with Crippen molar-refractivity contribution in [3.8, 4) is 16.8 Å². The SMILES string of the molecule is c1ccc(-n2c3ccccc3c3c(-c4ccc(N(c5cc6ccc7cccc8c9cccc%10ccc%11cccc(c(c5)c6c78)c%11c%109)c5cccc6ccccc56)cc4)cccc32)cc1. The first-order valence-corrected chi connectivity index (χ1v) is 22.2. The Hall–Kier alpha value is -8.46. The van der Waals surface area contributed by atoms with Crippen molar-refractivity contribution in [3.63, 3.8) is 0 Å². The molecule has 0 saturated heterocycles. The van der Waals surface area contributed by atoms with Crippen LogP contribution in [0.15, 0.2) is 231 Å². The molecule has 14 aromatic rings. The highest BCUT2D eigenvalue weighted by Gasteiger charge is 2.22.